The van der Waals surface area contributed by atoms with Crippen LogP contribution in [0.1, 0.15) is 6.42 Å². The molecule has 0 bridgehead atoms. The van der Waals surface area contributed by atoms with Crippen molar-refractivity contribution in [2.75, 3.05) is 25.6 Å². The molecule has 2 heterocycles. The molecule has 0 aromatic carbocycles. The fourth-order valence-corrected chi connectivity index (χ4v) is 1.65. The second kappa shape index (κ2) is 3.89. The van der Waals surface area contributed by atoms with E-state index >= 15 is 0 Å². The van der Waals surface area contributed by atoms with Crippen molar-refractivity contribution in [3.8, 4) is 5.19 Å². The van der Waals surface area contributed by atoms with E-state index in [9.17, 15) is 0 Å². The van der Waals surface area contributed by atoms with Crippen LogP contribution in [0, 0.1) is 5.92 Å². The Morgan fingerprint density at radius 1 is 1.62 bits per heavy atom. The second-order valence-corrected chi connectivity index (χ2v) is 3.92. The lowest BCUT2D eigenvalue weighted by molar-refractivity contribution is 0.166. The lowest BCUT2D eigenvalue weighted by Crippen LogP contribution is -2.11. The van der Waals surface area contributed by atoms with Crippen LogP contribution < -0.4 is 10.5 Å². The third-order valence-electron chi connectivity index (χ3n) is 1.89. The topological polar surface area (TPSA) is 70.3 Å². The highest BCUT2D eigenvalue weighted by Gasteiger charge is 2.16. The molecule has 0 radical (unpaired) electrons. The molecule has 72 valence electrons. The maximum absolute atomic E-state index is 5.40. The van der Waals surface area contributed by atoms with Crippen LogP contribution in [0.3, 0.4) is 0 Å². The van der Waals surface area contributed by atoms with E-state index < -0.39 is 0 Å². The molecule has 0 spiro atoms. The molecule has 1 aromatic rings. The first-order valence-corrected chi connectivity index (χ1v) is 4.96. The summed E-state index contributed by atoms with van der Waals surface area (Å²) in [6, 6.07) is 0. The van der Waals surface area contributed by atoms with Crippen LogP contribution in [0.15, 0.2) is 0 Å². The smallest absolute Gasteiger partial charge is 0.295 e. The van der Waals surface area contributed by atoms with Gasteiger partial charge < -0.3 is 15.2 Å². The summed E-state index contributed by atoms with van der Waals surface area (Å²) < 4.78 is 10.6. The SMILES string of the molecule is Nc1nnc(OCC2CCOC2)s1. The Hall–Kier alpha value is -0.880. The quantitative estimate of drug-likeness (QED) is 0.772. The summed E-state index contributed by atoms with van der Waals surface area (Å²) in [4.78, 5) is 0. The first-order chi connectivity index (χ1) is 6.34. The first-order valence-electron chi connectivity index (χ1n) is 4.14. The van der Waals surface area contributed by atoms with Crippen molar-refractivity contribution in [1.29, 1.82) is 0 Å². The second-order valence-electron chi connectivity index (χ2n) is 2.95. The molecule has 0 aliphatic carbocycles. The van der Waals surface area contributed by atoms with E-state index in [0.29, 0.717) is 22.9 Å². The molecule has 6 heteroatoms. The lowest BCUT2D eigenvalue weighted by atomic mass is 10.1. The number of nitrogen functional groups attached to an aromatic ring is 1. The number of rotatable bonds is 3. The molecule has 1 unspecified atom stereocenters. The predicted molar refractivity (Wildman–Crippen MR) is 48.7 cm³/mol. The van der Waals surface area contributed by atoms with Gasteiger partial charge in [-0.1, -0.05) is 5.10 Å². The van der Waals surface area contributed by atoms with Crippen LogP contribution in [0.25, 0.3) is 0 Å². The molecule has 1 aromatic heterocycles. The molecule has 1 atom stereocenters. The number of nitrogens with zero attached hydrogens (tertiary/aromatic N) is 2. The zero-order valence-electron chi connectivity index (χ0n) is 7.10. The Balaban J connectivity index is 1.78. The monoisotopic (exact) mass is 201 g/mol. The number of nitrogens with two attached hydrogens (primary N) is 1. The van der Waals surface area contributed by atoms with Crippen LogP contribution in [0.2, 0.25) is 0 Å². The number of anilines is 1. The van der Waals surface area contributed by atoms with Crippen LogP contribution in [0.4, 0.5) is 5.13 Å². The van der Waals surface area contributed by atoms with Gasteiger partial charge in [0.2, 0.25) is 5.13 Å². The van der Waals surface area contributed by atoms with Gasteiger partial charge in [0.25, 0.3) is 5.19 Å². The molecule has 1 aliphatic rings. The van der Waals surface area contributed by atoms with E-state index in [1.165, 1.54) is 11.3 Å². The maximum atomic E-state index is 5.40. The Labute approximate surface area is 79.9 Å². The summed E-state index contributed by atoms with van der Waals surface area (Å²) >= 11 is 1.26. The van der Waals surface area contributed by atoms with Crippen molar-refractivity contribution >= 4 is 16.5 Å². The highest BCUT2D eigenvalue weighted by Crippen LogP contribution is 2.21. The molecule has 2 rings (SSSR count). The Kier molecular flexibility index (Phi) is 2.60. The molecule has 0 saturated carbocycles. The number of ether oxygens (including phenoxy) is 2. The third kappa shape index (κ3) is 2.28. The van der Waals surface area contributed by atoms with Crippen molar-refractivity contribution in [3.63, 3.8) is 0 Å². The number of aromatic nitrogens is 2. The third-order valence-corrected chi connectivity index (χ3v) is 2.55. The van der Waals surface area contributed by atoms with Crippen molar-refractivity contribution in [2.24, 2.45) is 5.92 Å². The van der Waals surface area contributed by atoms with Gasteiger partial charge in [-0.05, 0) is 17.8 Å². The Morgan fingerprint density at radius 3 is 3.15 bits per heavy atom. The minimum atomic E-state index is 0.442. The van der Waals surface area contributed by atoms with E-state index in [-0.39, 0.29) is 0 Å². The van der Waals surface area contributed by atoms with Gasteiger partial charge in [0.05, 0.1) is 13.2 Å². The fourth-order valence-electron chi connectivity index (χ4n) is 1.18. The van der Waals surface area contributed by atoms with E-state index in [1.54, 1.807) is 0 Å². The van der Waals surface area contributed by atoms with Crippen molar-refractivity contribution in [3.05, 3.63) is 0 Å². The average molecular weight is 201 g/mol. The van der Waals surface area contributed by atoms with Crippen LogP contribution in [-0.2, 0) is 4.74 Å². The summed E-state index contributed by atoms with van der Waals surface area (Å²) in [5.41, 5.74) is 5.40. The molecule has 0 amide bonds. The molecule has 1 saturated heterocycles. The van der Waals surface area contributed by atoms with Gasteiger partial charge in [0, 0.05) is 12.5 Å². The Bertz CT molecular complexity index is 272. The summed E-state index contributed by atoms with van der Waals surface area (Å²) in [7, 11) is 0. The lowest BCUT2D eigenvalue weighted by Gasteiger charge is -2.05. The highest BCUT2D eigenvalue weighted by molar-refractivity contribution is 7.16. The van der Waals surface area contributed by atoms with E-state index in [2.05, 4.69) is 10.2 Å². The molecular formula is C7H11N3O2S. The van der Waals surface area contributed by atoms with Crippen LogP contribution >= 0.6 is 11.3 Å². The largest absolute Gasteiger partial charge is 0.469 e. The van der Waals surface area contributed by atoms with E-state index in [0.717, 1.165) is 19.6 Å². The summed E-state index contributed by atoms with van der Waals surface area (Å²) in [6.07, 6.45) is 1.06. The van der Waals surface area contributed by atoms with Crippen LogP contribution in [0.5, 0.6) is 5.19 Å². The van der Waals surface area contributed by atoms with Gasteiger partial charge >= 0.3 is 0 Å². The fraction of sp³-hybridized carbons (Fsp3) is 0.714. The van der Waals surface area contributed by atoms with Gasteiger partial charge in [-0.2, -0.15) is 0 Å². The number of hydrogen-bond acceptors (Lipinski definition) is 6. The van der Waals surface area contributed by atoms with Gasteiger partial charge in [-0.25, -0.2) is 0 Å². The summed E-state index contributed by atoms with van der Waals surface area (Å²) in [6.45, 7) is 2.27. The van der Waals surface area contributed by atoms with Crippen molar-refractivity contribution in [2.45, 2.75) is 6.42 Å². The van der Waals surface area contributed by atoms with Crippen LogP contribution in [-0.4, -0.2) is 30.0 Å². The molecule has 2 N–H and O–H groups in total. The maximum Gasteiger partial charge on any atom is 0.295 e. The molecule has 5 nitrogen and oxygen atoms in total. The summed E-state index contributed by atoms with van der Waals surface area (Å²) in [5, 5.41) is 8.40. The minimum absolute atomic E-state index is 0.442. The van der Waals surface area contributed by atoms with Gasteiger partial charge in [-0.3, -0.25) is 0 Å². The molecular weight excluding hydrogens is 190 g/mol. The highest BCUT2D eigenvalue weighted by atomic mass is 32.1. The van der Waals surface area contributed by atoms with E-state index in [1.807, 2.05) is 0 Å². The standard InChI is InChI=1S/C7H11N3O2S/c8-6-9-10-7(13-6)12-4-5-1-2-11-3-5/h5H,1-4H2,(H2,8,9). The molecule has 1 aliphatic heterocycles. The first kappa shape index (κ1) is 8.71. The Morgan fingerprint density at radius 2 is 2.54 bits per heavy atom. The van der Waals surface area contributed by atoms with Crippen molar-refractivity contribution in [1.82, 2.24) is 10.2 Å². The van der Waals surface area contributed by atoms with Gasteiger partial charge in [0.15, 0.2) is 0 Å². The van der Waals surface area contributed by atoms with E-state index in [4.69, 9.17) is 15.2 Å². The number of hydrogen-bond donors (Lipinski definition) is 1. The zero-order chi connectivity index (χ0) is 9.10. The minimum Gasteiger partial charge on any atom is -0.469 e. The molecule has 1 fully saturated rings. The molecule has 13 heavy (non-hydrogen) atoms. The summed E-state index contributed by atoms with van der Waals surface area (Å²) in [5.74, 6) is 0.491. The zero-order valence-corrected chi connectivity index (χ0v) is 7.92. The normalized spacial score (nSPS) is 22.0. The van der Waals surface area contributed by atoms with Gasteiger partial charge in [0.1, 0.15) is 0 Å². The van der Waals surface area contributed by atoms with Crippen molar-refractivity contribution < 1.29 is 9.47 Å². The predicted octanol–water partition coefficient (Wildman–Crippen LogP) is 0.536. The average Bonchev–Trinajstić information content (AvgIpc) is 2.71. The van der Waals surface area contributed by atoms with Gasteiger partial charge in [-0.15, -0.1) is 5.10 Å².